The number of ether oxygens (including phenoxy) is 1. The number of hydrogen-bond donors (Lipinski definition) is 1. The third-order valence-electron chi connectivity index (χ3n) is 3.72. The Hall–Kier alpha value is -2.73. The van der Waals surface area contributed by atoms with Crippen LogP contribution in [0.5, 0.6) is 5.75 Å². The fourth-order valence-electron chi connectivity index (χ4n) is 2.45. The molecule has 4 nitrogen and oxygen atoms in total. The first kappa shape index (κ1) is 18.1. The molecule has 0 spiro atoms. The van der Waals surface area contributed by atoms with E-state index in [-0.39, 0.29) is 11.7 Å². The summed E-state index contributed by atoms with van der Waals surface area (Å²) in [6.45, 7) is 2.63. The molecule has 0 aliphatic rings. The predicted molar refractivity (Wildman–Crippen MR) is 100 cm³/mol. The topological polar surface area (TPSA) is 51.2 Å². The van der Waals surface area contributed by atoms with E-state index >= 15 is 0 Å². The van der Waals surface area contributed by atoms with Crippen LogP contribution in [-0.4, -0.2) is 24.0 Å². The number of rotatable bonds is 7. The Bertz CT molecular complexity index is 863. The van der Waals surface area contributed by atoms with Gasteiger partial charge >= 0.3 is 0 Å². The molecule has 0 fully saturated rings. The molecular formula is C20H19FN2O2S. The number of aromatic nitrogens is 1. The Kier molecular flexibility index (Phi) is 5.96. The van der Waals surface area contributed by atoms with Crippen molar-refractivity contribution in [1.29, 1.82) is 0 Å². The van der Waals surface area contributed by atoms with E-state index in [1.165, 1.54) is 23.5 Å². The molecule has 1 heterocycles. The quantitative estimate of drug-likeness (QED) is 0.640. The lowest BCUT2D eigenvalue weighted by molar-refractivity contribution is 0.0950. The van der Waals surface area contributed by atoms with Crippen LogP contribution in [0, 0.1) is 12.7 Å². The zero-order valence-corrected chi connectivity index (χ0v) is 15.2. The van der Waals surface area contributed by atoms with Crippen molar-refractivity contribution in [2.45, 2.75) is 13.3 Å². The number of nitrogens with one attached hydrogen (secondary N) is 1. The maximum atomic E-state index is 13.0. The maximum absolute atomic E-state index is 13.0. The summed E-state index contributed by atoms with van der Waals surface area (Å²) in [5.74, 6) is 0.362. The monoisotopic (exact) mass is 370 g/mol. The molecule has 0 atom stereocenters. The van der Waals surface area contributed by atoms with Gasteiger partial charge < -0.3 is 10.1 Å². The van der Waals surface area contributed by atoms with Gasteiger partial charge in [0.2, 0.25) is 0 Å². The number of para-hydroxylation sites is 1. The van der Waals surface area contributed by atoms with Gasteiger partial charge in [-0.15, -0.1) is 11.3 Å². The van der Waals surface area contributed by atoms with Gasteiger partial charge in [-0.3, -0.25) is 4.79 Å². The molecular weight excluding hydrogens is 351 g/mol. The average Bonchev–Trinajstić information content (AvgIpc) is 3.02. The van der Waals surface area contributed by atoms with Crippen molar-refractivity contribution < 1.29 is 13.9 Å². The number of hydrogen-bond acceptors (Lipinski definition) is 4. The van der Waals surface area contributed by atoms with Gasteiger partial charge in [0, 0.05) is 6.42 Å². The molecule has 3 rings (SSSR count). The molecule has 6 heteroatoms. The van der Waals surface area contributed by atoms with Gasteiger partial charge in [-0.1, -0.05) is 30.3 Å². The third kappa shape index (κ3) is 4.89. The van der Waals surface area contributed by atoms with Crippen molar-refractivity contribution in [2.75, 3.05) is 13.2 Å². The molecule has 0 bridgehead atoms. The number of aryl methyl sites for hydroxylation is 1. The highest BCUT2D eigenvalue weighted by Crippen LogP contribution is 2.21. The Morgan fingerprint density at radius 3 is 2.62 bits per heavy atom. The number of halogens is 1. The minimum Gasteiger partial charge on any atom is -0.492 e. The largest absolute Gasteiger partial charge is 0.492 e. The van der Waals surface area contributed by atoms with Gasteiger partial charge in [-0.2, -0.15) is 0 Å². The Balaban J connectivity index is 1.52. The SMILES string of the molecule is Cc1nc(Cc2ccc(F)cc2)sc1C(=O)NCCOc1ccccc1. The van der Waals surface area contributed by atoms with Gasteiger partial charge in [-0.25, -0.2) is 9.37 Å². The summed E-state index contributed by atoms with van der Waals surface area (Å²) in [5, 5.41) is 3.68. The van der Waals surface area contributed by atoms with Gasteiger partial charge in [-0.05, 0) is 36.8 Å². The number of amides is 1. The highest BCUT2D eigenvalue weighted by Gasteiger charge is 2.15. The van der Waals surface area contributed by atoms with Crippen molar-refractivity contribution in [3.8, 4) is 5.75 Å². The summed E-state index contributed by atoms with van der Waals surface area (Å²) in [7, 11) is 0. The lowest BCUT2D eigenvalue weighted by atomic mass is 10.1. The molecule has 134 valence electrons. The van der Waals surface area contributed by atoms with E-state index in [2.05, 4.69) is 10.3 Å². The van der Waals surface area contributed by atoms with Crippen LogP contribution >= 0.6 is 11.3 Å². The Labute approximate surface area is 155 Å². The summed E-state index contributed by atoms with van der Waals surface area (Å²) in [4.78, 5) is 17.4. The fourth-order valence-corrected chi connectivity index (χ4v) is 3.46. The van der Waals surface area contributed by atoms with E-state index in [0.717, 1.165) is 16.3 Å². The average molecular weight is 370 g/mol. The van der Waals surface area contributed by atoms with Crippen LogP contribution in [0.25, 0.3) is 0 Å². The van der Waals surface area contributed by atoms with Crippen LogP contribution in [0.1, 0.15) is 25.9 Å². The molecule has 0 radical (unpaired) electrons. The summed E-state index contributed by atoms with van der Waals surface area (Å²) in [5.41, 5.74) is 1.66. The number of nitrogens with zero attached hydrogens (tertiary/aromatic N) is 1. The first-order valence-electron chi connectivity index (χ1n) is 8.28. The summed E-state index contributed by atoms with van der Waals surface area (Å²) in [6.07, 6.45) is 0.580. The molecule has 1 amide bonds. The first-order valence-corrected chi connectivity index (χ1v) is 9.10. The molecule has 1 N–H and O–H groups in total. The van der Waals surface area contributed by atoms with E-state index < -0.39 is 0 Å². The van der Waals surface area contributed by atoms with Gasteiger partial charge in [0.25, 0.3) is 5.91 Å². The highest BCUT2D eigenvalue weighted by atomic mass is 32.1. The van der Waals surface area contributed by atoms with Crippen LogP contribution in [0.2, 0.25) is 0 Å². The smallest absolute Gasteiger partial charge is 0.263 e. The molecule has 0 saturated heterocycles. The molecule has 0 aliphatic heterocycles. The van der Waals surface area contributed by atoms with Crippen LogP contribution in [0.4, 0.5) is 4.39 Å². The summed E-state index contributed by atoms with van der Waals surface area (Å²) in [6, 6.07) is 15.8. The van der Waals surface area contributed by atoms with Gasteiger partial charge in [0.05, 0.1) is 17.2 Å². The molecule has 0 saturated carbocycles. The van der Waals surface area contributed by atoms with E-state index in [4.69, 9.17) is 4.74 Å². The van der Waals surface area contributed by atoms with Crippen LogP contribution in [0.15, 0.2) is 54.6 Å². The van der Waals surface area contributed by atoms with E-state index in [9.17, 15) is 9.18 Å². The zero-order chi connectivity index (χ0) is 18.4. The van der Waals surface area contributed by atoms with Crippen molar-refractivity contribution in [3.63, 3.8) is 0 Å². The normalized spacial score (nSPS) is 10.5. The molecule has 26 heavy (non-hydrogen) atoms. The van der Waals surface area contributed by atoms with Crippen molar-refractivity contribution in [1.82, 2.24) is 10.3 Å². The minimum absolute atomic E-state index is 0.151. The lowest BCUT2D eigenvalue weighted by Crippen LogP contribution is -2.27. The predicted octanol–water partition coefficient (Wildman–Crippen LogP) is 3.99. The molecule has 0 aliphatic carbocycles. The van der Waals surface area contributed by atoms with Gasteiger partial charge in [0.1, 0.15) is 23.1 Å². The third-order valence-corrected chi connectivity index (χ3v) is 4.87. The van der Waals surface area contributed by atoms with Crippen molar-refractivity contribution >= 4 is 17.2 Å². The molecule has 0 unspecified atom stereocenters. The van der Waals surface area contributed by atoms with E-state index in [0.29, 0.717) is 30.1 Å². The van der Waals surface area contributed by atoms with Gasteiger partial charge in [0.15, 0.2) is 0 Å². The fraction of sp³-hybridized carbons (Fsp3) is 0.200. The molecule has 1 aromatic heterocycles. The van der Waals surface area contributed by atoms with Crippen LogP contribution in [-0.2, 0) is 6.42 Å². The lowest BCUT2D eigenvalue weighted by Gasteiger charge is -2.07. The summed E-state index contributed by atoms with van der Waals surface area (Å²) < 4.78 is 18.5. The van der Waals surface area contributed by atoms with Crippen LogP contribution in [0.3, 0.4) is 0 Å². The first-order chi connectivity index (χ1) is 12.6. The second-order valence-electron chi connectivity index (χ2n) is 5.74. The Morgan fingerprint density at radius 1 is 1.15 bits per heavy atom. The molecule has 3 aromatic rings. The number of benzene rings is 2. The standard InChI is InChI=1S/C20H19FN2O2S/c1-14-19(20(24)22-11-12-25-17-5-3-2-4-6-17)26-18(23-14)13-15-7-9-16(21)10-8-15/h2-10H,11-13H2,1H3,(H,22,24). The second kappa shape index (κ2) is 8.58. The molecule has 2 aromatic carbocycles. The van der Waals surface area contributed by atoms with E-state index in [1.807, 2.05) is 37.3 Å². The van der Waals surface area contributed by atoms with Crippen molar-refractivity contribution in [3.05, 3.63) is 81.6 Å². The number of thiazole rings is 1. The summed E-state index contributed by atoms with van der Waals surface area (Å²) >= 11 is 1.36. The maximum Gasteiger partial charge on any atom is 0.263 e. The number of carbonyl (C=O) groups excluding carboxylic acids is 1. The minimum atomic E-state index is -0.262. The van der Waals surface area contributed by atoms with E-state index in [1.54, 1.807) is 12.1 Å². The zero-order valence-electron chi connectivity index (χ0n) is 14.4. The highest BCUT2D eigenvalue weighted by molar-refractivity contribution is 7.13. The second-order valence-corrected chi connectivity index (χ2v) is 6.83. The van der Waals surface area contributed by atoms with Crippen molar-refractivity contribution in [2.24, 2.45) is 0 Å². The number of carbonyl (C=O) groups is 1. The van der Waals surface area contributed by atoms with Crippen LogP contribution < -0.4 is 10.1 Å². The Morgan fingerprint density at radius 2 is 1.88 bits per heavy atom.